The van der Waals surface area contributed by atoms with Gasteiger partial charge in [-0.1, -0.05) is 12.1 Å². The summed E-state index contributed by atoms with van der Waals surface area (Å²) < 4.78 is 12.7. The first-order valence-corrected chi connectivity index (χ1v) is 15.1. The summed E-state index contributed by atoms with van der Waals surface area (Å²) >= 11 is 0. The van der Waals surface area contributed by atoms with Crippen LogP contribution in [0.3, 0.4) is 0 Å². The van der Waals surface area contributed by atoms with Gasteiger partial charge in [0, 0.05) is 64.3 Å². The van der Waals surface area contributed by atoms with Crippen LogP contribution in [-0.2, 0) is 40.6 Å². The lowest BCUT2D eigenvalue weighted by molar-refractivity contribution is -0.137. The first-order chi connectivity index (χ1) is 21.1. The summed E-state index contributed by atoms with van der Waals surface area (Å²) in [5.74, 6) is -0.368. The van der Waals surface area contributed by atoms with Crippen molar-refractivity contribution in [3.63, 3.8) is 0 Å². The molecule has 1 aliphatic heterocycles. The van der Waals surface area contributed by atoms with Gasteiger partial charge >= 0.3 is 0 Å². The molecule has 246 valence electrons. The maximum absolute atomic E-state index is 13.6. The van der Waals surface area contributed by atoms with Crippen LogP contribution in [0.4, 0.5) is 11.4 Å². The smallest absolute Gasteiger partial charge is 0.261 e. The summed E-state index contributed by atoms with van der Waals surface area (Å²) in [4.78, 5) is 50.6. The van der Waals surface area contributed by atoms with E-state index >= 15 is 0 Å². The summed E-state index contributed by atoms with van der Waals surface area (Å²) in [6.07, 6.45) is 7.04. The van der Waals surface area contributed by atoms with E-state index in [0.29, 0.717) is 43.8 Å². The van der Waals surface area contributed by atoms with Crippen molar-refractivity contribution in [1.82, 2.24) is 14.5 Å². The molecule has 2 aliphatic rings. The number of rotatable bonds is 10. The number of nitrogens with zero attached hydrogens (tertiary/aromatic N) is 5. The second kappa shape index (κ2) is 14.0. The lowest BCUT2D eigenvalue weighted by atomic mass is 9.90. The van der Waals surface area contributed by atoms with E-state index in [4.69, 9.17) is 9.15 Å². The molecule has 4 heterocycles. The van der Waals surface area contributed by atoms with Gasteiger partial charge in [-0.15, -0.1) is 24.8 Å². The Hall–Kier alpha value is -3.70. The highest BCUT2D eigenvalue weighted by atomic mass is 35.5. The van der Waals surface area contributed by atoms with Crippen molar-refractivity contribution in [2.24, 2.45) is 5.41 Å². The van der Waals surface area contributed by atoms with Gasteiger partial charge in [0.1, 0.15) is 11.0 Å². The number of aromatic nitrogens is 2. The number of hydrogen-bond donors (Lipinski definition) is 0. The van der Waals surface area contributed by atoms with Crippen LogP contribution in [0.25, 0.3) is 11.0 Å². The zero-order valence-corrected chi connectivity index (χ0v) is 28.5. The lowest BCUT2D eigenvalue weighted by Gasteiger charge is -2.28. The quantitative estimate of drug-likeness (QED) is 0.206. The van der Waals surface area contributed by atoms with Gasteiger partial charge < -0.3 is 23.5 Å². The van der Waals surface area contributed by atoms with E-state index in [-0.39, 0.29) is 48.2 Å². The molecule has 0 spiro atoms. The third-order valence-electron chi connectivity index (χ3n) is 8.75. The van der Waals surface area contributed by atoms with E-state index in [1.54, 1.807) is 56.0 Å². The number of benzene rings is 1. The fraction of sp³-hybridized carbons (Fsp3) is 0.412. The topological polar surface area (TPSA) is 101 Å². The molecule has 0 atom stereocenters. The molecule has 0 bridgehead atoms. The van der Waals surface area contributed by atoms with E-state index in [1.807, 2.05) is 48.4 Å². The Bertz CT molecular complexity index is 1800. The van der Waals surface area contributed by atoms with Crippen LogP contribution in [0, 0.1) is 12.3 Å². The molecule has 3 aromatic heterocycles. The third-order valence-corrected chi connectivity index (χ3v) is 8.75. The number of hydrogen-bond acceptors (Lipinski definition) is 7. The van der Waals surface area contributed by atoms with Crippen molar-refractivity contribution in [3.8, 4) is 0 Å². The Morgan fingerprint density at radius 2 is 1.80 bits per heavy atom. The van der Waals surface area contributed by atoms with Crippen LogP contribution in [0.2, 0.25) is 0 Å². The van der Waals surface area contributed by atoms with Gasteiger partial charge in [0.25, 0.3) is 5.56 Å². The van der Waals surface area contributed by atoms with Crippen molar-refractivity contribution in [3.05, 3.63) is 87.8 Å². The number of aryl methyl sites for hydroxylation is 1. The van der Waals surface area contributed by atoms with E-state index in [9.17, 15) is 14.4 Å². The van der Waals surface area contributed by atoms with Crippen molar-refractivity contribution in [2.75, 3.05) is 30.5 Å². The molecule has 0 saturated heterocycles. The molecule has 1 saturated carbocycles. The Balaban J connectivity index is 0.00000240. The number of fused-ring (bicyclic) bond motifs is 2. The van der Waals surface area contributed by atoms with Gasteiger partial charge in [0.05, 0.1) is 35.3 Å². The highest BCUT2D eigenvalue weighted by Crippen LogP contribution is 2.44. The van der Waals surface area contributed by atoms with Gasteiger partial charge in [0.15, 0.2) is 0 Å². The maximum atomic E-state index is 13.6. The van der Waals surface area contributed by atoms with Crippen LogP contribution in [0.5, 0.6) is 0 Å². The summed E-state index contributed by atoms with van der Waals surface area (Å²) in [5, 5.41) is 0.572. The number of ether oxygens (including phenoxy) is 1. The number of amides is 2. The van der Waals surface area contributed by atoms with Crippen LogP contribution < -0.4 is 15.4 Å². The number of carbonyl (C=O) groups excluding carboxylic acids is 2. The minimum absolute atomic E-state index is 0. The predicted molar refractivity (Wildman–Crippen MR) is 183 cm³/mol. The van der Waals surface area contributed by atoms with E-state index < -0.39 is 5.41 Å². The highest BCUT2D eigenvalue weighted by Gasteiger charge is 2.49. The fourth-order valence-electron chi connectivity index (χ4n) is 6.16. The SMILES string of the molecule is COCc1ncccc1CN(CCn1cc(C)c2occc2c1=O)Cc1ccc2c(c1)N(C)C(=O)C(C)(C)C(=O)N2C1CC1.Cl.Cl. The molecule has 2 amide bonds. The number of anilines is 2. The van der Waals surface area contributed by atoms with Crippen LogP contribution >= 0.6 is 24.8 Å². The monoisotopic (exact) mass is 669 g/mol. The van der Waals surface area contributed by atoms with Gasteiger partial charge in [-0.25, -0.2) is 0 Å². The van der Waals surface area contributed by atoms with E-state index in [1.165, 1.54) is 0 Å². The van der Waals surface area contributed by atoms with Crippen molar-refractivity contribution in [1.29, 1.82) is 0 Å². The molecule has 46 heavy (non-hydrogen) atoms. The van der Waals surface area contributed by atoms with Gasteiger partial charge in [-0.05, 0) is 69.0 Å². The Labute approximate surface area is 281 Å². The first kappa shape index (κ1) is 35.2. The number of carbonyl (C=O) groups is 2. The van der Waals surface area contributed by atoms with E-state index in [2.05, 4.69) is 9.88 Å². The maximum Gasteiger partial charge on any atom is 0.261 e. The third kappa shape index (κ3) is 6.57. The van der Waals surface area contributed by atoms with Crippen molar-refractivity contribution >= 4 is 59.0 Å². The predicted octanol–water partition coefficient (Wildman–Crippen LogP) is 5.49. The van der Waals surface area contributed by atoms with Crippen molar-refractivity contribution in [2.45, 2.75) is 65.9 Å². The molecule has 4 aromatic rings. The van der Waals surface area contributed by atoms with Gasteiger partial charge in [-0.2, -0.15) is 0 Å². The van der Waals surface area contributed by atoms with Gasteiger partial charge in [0.2, 0.25) is 11.8 Å². The number of furan rings is 1. The molecule has 0 unspecified atom stereocenters. The van der Waals surface area contributed by atoms with Crippen LogP contribution in [-0.4, -0.2) is 53.0 Å². The number of methoxy groups -OCH3 is 1. The molecule has 0 radical (unpaired) electrons. The summed E-state index contributed by atoms with van der Waals surface area (Å²) in [7, 11) is 3.41. The molecule has 1 aliphatic carbocycles. The summed E-state index contributed by atoms with van der Waals surface area (Å²) in [5.41, 5.74) is 4.70. The second-order valence-corrected chi connectivity index (χ2v) is 12.4. The molecule has 0 N–H and O–H groups in total. The summed E-state index contributed by atoms with van der Waals surface area (Å²) in [6, 6.07) is 11.9. The number of halogens is 2. The highest BCUT2D eigenvalue weighted by molar-refractivity contribution is 6.20. The molecule has 10 nitrogen and oxygen atoms in total. The molecule has 1 aromatic carbocycles. The van der Waals surface area contributed by atoms with Crippen LogP contribution in [0.15, 0.2) is 64.3 Å². The average molecular weight is 671 g/mol. The zero-order chi connectivity index (χ0) is 31.2. The van der Waals surface area contributed by atoms with Crippen molar-refractivity contribution < 1.29 is 18.7 Å². The molecular weight excluding hydrogens is 629 g/mol. The Kier molecular flexibility index (Phi) is 10.7. The fourth-order valence-corrected chi connectivity index (χ4v) is 6.16. The zero-order valence-electron chi connectivity index (χ0n) is 26.8. The second-order valence-electron chi connectivity index (χ2n) is 12.4. The Morgan fingerprint density at radius 1 is 1.04 bits per heavy atom. The van der Waals surface area contributed by atoms with E-state index in [0.717, 1.165) is 46.6 Å². The minimum atomic E-state index is -1.15. The molecule has 1 fully saturated rings. The minimum Gasteiger partial charge on any atom is -0.464 e. The lowest BCUT2D eigenvalue weighted by Crippen LogP contribution is -2.48. The Morgan fingerprint density at radius 3 is 2.52 bits per heavy atom. The molecular formula is C34H41Cl2N5O5. The normalized spacial score (nSPS) is 15.9. The molecule has 12 heteroatoms. The van der Waals surface area contributed by atoms with Gasteiger partial charge in [-0.3, -0.25) is 24.3 Å². The standard InChI is InChI=1S/C34H39N5O5.2ClH/c1-22-18-38(31(40)26-12-16-44-30(22)26)15-14-37(20-24-7-6-13-35-27(24)21-43-5)19-23-8-11-28-29(17-23)36(4)32(41)34(2,3)33(42)39(28)25-9-10-25;;/h6-8,11-13,16-18,25H,9-10,14-15,19-21H2,1-5H3;2*1H. The average Bonchev–Trinajstić information content (AvgIpc) is 3.72. The molecule has 6 rings (SSSR count). The number of pyridine rings is 2. The first-order valence-electron chi connectivity index (χ1n) is 15.1. The summed E-state index contributed by atoms with van der Waals surface area (Å²) in [6.45, 7) is 7.96. The van der Waals surface area contributed by atoms with Crippen LogP contribution in [0.1, 0.15) is 49.1 Å². The largest absolute Gasteiger partial charge is 0.464 e.